The summed E-state index contributed by atoms with van der Waals surface area (Å²) in [5.41, 5.74) is 8.05. The number of amides is 2. The lowest BCUT2D eigenvalue weighted by molar-refractivity contribution is -0.115. The van der Waals surface area contributed by atoms with E-state index in [9.17, 15) is 9.59 Å². The van der Waals surface area contributed by atoms with E-state index in [1.54, 1.807) is 25.1 Å². The summed E-state index contributed by atoms with van der Waals surface area (Å²) in [5.74, 6) is -0.0492. The van der Waals surface area contributed by atoms with Crippen molar-refractivity contribution >= 4 is 35.0 Å². The highest BCUT2D eigenvalue weighted by molar-refractivity contribution is 5.97. The number of nitrogens with two attached hydrogens (primary N) is 1. The number of aromatic nitrogens is 2. The molecular weight excluding hydrogens is 368 g/mol. The molecule has 5 N–H and O–H groups in total. The van der Waals surface area contributed by atoms with Gasteiger partial charge in [-0.2, -0.15) is 4.98 Å². The minimum Gasteiger partial charge on any atom is -0.365 e. The zero-order valence-electron chi connectivity index (χ0n) is 16.0. The van der Waals surface area contributed by atoms with Crippen molar-refractivity contribution in [3.63, 3.8) is 0 Å². The van der Waals surface area contributed by atoms with E-state index >= 15 is 0 Å². The quantitative estimate of drug-likeness (QED) is 0.468. The van der Waals surface area contributed by atoms with Crippen molar-refractivity contribution in [2.45, 2.75) is 19.9 Å². The molecule has 2 aromatic carbocycles. The van der Waals surface area contributed by atoms with Gasteiger partial charge in [0.15, 0.2) is 0 Å². The summed E-state index contributed by atoms with van der Waals surface area (Å²) in [4.78, 5) is 31.9. The van der Waals surface area contributed by atoms with Crippen molar-refractivity contribution in [3.8, 4) is 0 Å². The minimum atomic E-state index is -0.614. The Bertz CT molecular complexity index is 1010. The van der Waals surface area contributed by atoms with E-state index in [1.807, 2.05) is 36.4 Å². The molecule has 3 aromatic rings. The molecule has 3 rings (SSSR count). The van der Waals surface area contributed by atoms with Gasteiger partial charge in [0, 0.05) is 30.5 Å². The maximum absolute atomic E-state index is 11.7. The predicted octanol–water partition coefficient (Wildman–Crippen LogP) is 3.28. The molecule has 0 saturated carbocycles. The van der Waals surface area contributed by atoms with Gasteiger partial charge < -0.3 is 21.7 Å². The Labute approximate surface area is 168 Å². The molecule has 2 amide bonds. The fourth-order valence-electron chi connectivity index (χ4n) is 2.59. The van der Waals surface area contributed by atoms with Gasteiger partial charge >= 0.3 is 0 Å². The van der Waals surface area contributed by atoms with Crippen LogP contribution < -0.4 is 21.7 Å². The van der Waals surface area contributed by atoms with E-state index in [-0.39, 0.29) is 11.5 Å². The lowest BCUT2D eigenvalue weighted by Crippen LogP contribution is -2.17. The smallest absolute Gasteiger partial charge is 0.254 e. The zero-order valence-corrected chi connectivity index (χ0v) is 16.0. The fourth-order valence-corrected chi connectivity index (χ4v) is 2.59. The maximum atomic E-state index is 11.7. The number of benzene rings is 2. The number of carbonyl (C=O) groups excluding carboxylic acids is 2. The molecule has 0 spiro atoms. The van der Waals surface area contributed by atoms with Crippen LogP contribution in [-0.4, -0.2) is 21.8 Å². The van der Waals surface area contributed by atoms with Gasteiger partial charge in [-0.1, -0.05) is 43.3 Å². The predicted molar refractivity (Wildman–Crippen MR) is 113 cm³/mol. The van der Waals surface area contributed by atoms with Crippen LogP contribution in [0.4, 0.5) is 23.1 Å². The van der Waals surface area contributed by atoms with Crippen LogP contribution in [-0.2, 0) is 11.3 Å². The summed E-state index contributed by atoms with van der Waals surface area (Å²) in [7, 11) is 0. The zero-order chi connectivity index (χ0) is 20.6. The molecule has 1 aromatic heterocycles. The lowest BCUT2D eigenvalue weighted by Gasteiger charge is -2.12. The molecule has 0 radical (unpaired) electrons. The lowest BCUT2D eigenvalue weighted by atomic mass is 10.2. The number of nitrogens with one attached hydrogen (secondary N) is 3. The third kappa shape index (κ3) is 5.52. The summed E-state index contributed by atoms with van der Waals surface area (Å²) >= 11 is 0. The topological polar surface area (TPSA) is 122 Å². The SMILES string of the molecule is CCC(=O)Nc1cccc(Nc2ncc(C(N)=O)c(NCc3ccccc3)n2)c1. The van der Waals surface area contributed by atoms with E-state index in [0.717, 1.165) is 5.56 Å². The molecular formula is C21H22N6O2. The highest BCUT2D eigenvalue weighted by atomic mass is 16.1. The summed E-state index contributed by atoms with van der Waals surface area (Å²) in [6, 6.07) is 16.9. The molecule has 29 heavy (non-hydrogen) atoms. The van der Waals surface area contributed by atoms with Crippen molar-refractivity contribution in [3.05, 3.63) is 71.9 Å². The number of rotatable bonds is 8. The first kappa shape index (κ1) is 19.8. The van der Waals surface area contributed by atoms with E-state index in [1.165, 1.54) is 6.20 Å². The summed E-state index contributed by atoms with van der Waals surface area (Å²) in [5, 5.41) is 9.01. The molecule has 148 valence electrons. The third-order valence-corrected chi connectivity index (χ3v) is 4.08. The highest BCUT2D eigenvalue weighted by Crippen LogP contribution is 2.21. The van der Waals surface area contributed by atoms with Crippen LogP contribution in [0.1, 0.15) is 29.3 Å². The average molecular weight is 390 g/mol. The Hall–Kier alpha value is -3.94. The fraction of sp³-hybridized carbons (Fsp3) is 0.143. The molecule has 0 bridgehead atoms. The molecule has 0 aliphatic heterocycles. The first-order chi connectivity index (χ1) is 14.0. The van der Waals surface area contributed by atoms with E-state index < -0.39 is 5.91 Å². The Morgan fingerprint density at radius 1 is 1.03 bits per heavy atom. The second-order valence-corrected chi connectivity index (χ2v) is 6.27. The molecule has 0 aliphatic rings. The van der Waals surface area contributed by atoms with Crippen LogP contribution in [0.2, 0.25) is 0 Å². The van der Waals surface area contributed by atoms with Crippen molar-refractivity contribution in [2.24, 2.45) is 5.73 Å². The van der Waals surface area contributed by atoms with Gasteiger partial charge in [0.2, 0.25) is 11.9 Å². The number of hydrogen-bond acceptors (Lipinski definition) is 6. The van der Waals surface area contributed by atoms with Gasteiger partial charge in [-0.05, 0) is 23.8 Å². The summed E-state index contributed by atoms with van der Waals surface area (Å²) in [6.45, 7) is 2.27. The summed E-state index contributed by atoms with van der Waals surface area (Å²) in [6.07, 6.45) is 1.78. The first-order valence-corrected chi connectivity index (χ1v) is 9.16. The molecule has 1 heterocycles. The van der Waals surface area contributed by atoms with Crippen molar-refractivity contribution in [1.82, 2.24) is 9.97 Å². The third-order valence-electron chi connectivity index (χ3n) is 4.08. The van der Waals surface area contributed by atoms with Crippen LogP contribution in [0.5, 0.6) is 0 Å². The number of anilines is 4. The molecule has 8 heteroatoms. The Kier molecular flexibility index (Phi) is 6.36. The molecule has 0 aliphatic carbocycles. The normalized spacial score (nSPS) is 10.2. The van der Waals surface area contributed by atoms with Gasteiger partial charge in [-0.25, -0.2) is 4.98 Å². The van der Waals surface area contributed by atoms with E-state index in [0.29, 0.717) is 36.1 Å². The van der Waals surface area contributed by atoms with Crippen LogP contribution in [0.15, 0.2) is 60.8 Å². The van der Waals surface area contributed by atoms with Gasteiger partial charge in [-0.3, -0.25) is 9.59 Å². The van der Waals surface area contributed by atoms with E-state index in [2.05, 4.69) is 25.9 Å². The highest BCUT2D eigenvalue weighted by Gasteiger charge is 2.12. The van der Waals surface area contributed by atoms with Gasteiger partial charge in [0.25, 0.3) is 5.91 Å². The first-order valence-electron chi connectivity index (χ1n) is 9.16. The van der Waals surface area contributed by atoms with E-state index in [4.69, 9.17) is 5.73 Å². The number of hydrogen-bond donors (Lipinski definition) is 4. The average Bonchev–Trinajstić information content (AvgIpc) is 2.73. The second kappa shape index (κ2) is 9.32. The van der Waals surface area contributed by atoms with Crippen LogP contribution in [0.25, 0.3) is 0 Å². The molecule has 0 saturated heterocycles. The number of carbonyl (C=O) groups is 2. The molecule has 0 fully saturated rings. The maximum Gasteiger partial charge on any atom is 0.254 e. The van der Waals surface area contributed by atoms with Gasteiger partial charge in [0.1, 0.15) is 5.82 Å². The van der Waals surface area contributed by atoms with Crippen LogP contribution >= 0.6 is 0 Å². The molecule has 0 unspecified atom stereocenters. The van der Waals surface area contributed by atoms with Crippen LogP contribution in [0, 0.1) is 0 Å². The Morgan fingerprint density at radius 3 is 2.52 bits per heavy atom. The second-order valence-electron chi connectivity index (χ2n) is 6.27. The van der Waals surface area contributed by atoms with Crippen molar-refractivity contribution in [2.75, 3.05) is 16.0 Å². The van der Waals surface area contributed by atoms with Crippen molar-refractivity contribution in [1.29, 1.82) is 0 Å². The Morgan fingerprint density at radius 2 is 1.79 bits per heavy atom. The van der Waals surface area contributed by atoms with Gasteiger partial charge in [0.05, 0.1) is 5.56 Å². The van der Waals surface area contributed by atoms with Crippen molar-refractivity contribution < 1.29 is 9.59 Å². The monoisotopic (exact) mass is 390 g/mol. The van der Waals surface area contributed by atoms with Crippen LogP contribution in [0.3, 0.4) is 0 Å². The van der Waals surface area contributed by atoms with Gasteiger partial charge in [-0.15, -0.1) is 0 Å². The summed E-state index contributed by atoms with van der Waals surface area (Å²) < 4.78 is 0. The Balaban J connectivity index is 1.78. The molecule has 0 atom stereocenters. The molecule has 8 nitrogen and oxygen atoms in total. The number of nitrogens with zero attached hydrogens (tertiary/aromatic N) is 2. The largest absolute Gasteiger partial charge is 0.365 e. The standard InChI is InChI=1S/C21H22N6O2/c1-2-18(28)25-15-9-6-10-16(11-15)26-21-24-13-17(19(22)29)20(27-21)23-12-14-7-4-3-5-8-14/h3-11,13H,2,12H2,1H3,(H2,22,29)(H,25,28)(H2,23,24,26,27). The number of primary amides is 1. The minimum absolute atomic E-state index is 0.0726.